The summed E-state index contributed by atoms with van der Waals surface area (Å²) in [4.78, 5) is 32.7. The van der Waals surface area contributed by atoms with Gasteiger partial charge in [-0.1, -0.05) is 23.7 Å². The Hall–Kier alpha value is -0.910. The highest BCUT2D eigenvalue weighted by Crippen LogP contribution is 2.28. The van der Waals surface area contributed by atoms with Gasteiger partial charge in [0.2, 0.25) is 6.41 Å². The normalized spacial score (nSPS) is 11.5. The minimum absolute atomic E-state index is 0.202. The van der Waals surface area contributed by atoms with Crippen molar-refractivity contribution in [1.82, 2.24) is 19.2 Å². The quantitative estimate of drug-likeness (QED) is 0.117. The van der Waals surface area contributed by atoms with Crippen molar-refractivity contribution in [2.24, 2.45) is 0 Å². The molecule has 12 heteroatoms. The lowest BCUT2D eigenvalue weighted by atomic mass is 10.2. The molecule has 2 aromatic rings. The number of hydrogen-bond acceptors (Lipinski definition) is 6. The highest BCUT2D eigenvalue weighted by molar-refractivity contribution is 14.2. The van der Waals surface area contributed by atoms with E-state index in [1.165, 1.54) is 16.8 Å². The molecule has 0 saturated carbocycles. The maximum atomic E-state index is 13.5. The van der Waals surface area contributed by atoms with E-state index in [0.29, 0.717) is 54.2 Å². The largest absolute Gasteiger partial charge is 0.352 e. The summed E-state index contributed by atoms with van der Waals surface area (Å²) in [6.07, 6.45) is 1.38. The van der Waals surface area contributed by atoms with Gasteiger partial charge in [-0.15, -0.1) is 0 Å². The van der Waals surface area contributed by atoms with Crippen LogP contribution in [0.25, 0.3) is 0 Å². The molecule has 1 atom stereocenters. The van der Waals surface area contributed by atoms with Crippen LogP contribution in [0.15, 0.2) is 29.4 Å². The molecule has 32 heavy (non-hydrogen) atoms. The van der Waals surface area contributed by atoms with Crippen LogP contribution in [0.3, 0.4) is 0 Å². The van der Waals surface area contributed by atoms with Gasteiger partial charge in [-0.25, -0.2) is 4.98 Å². The zero-order valence-electron chi connectivity index (χ0n) is 18.5. The number of imidazole rings is 1. The predicted octanol–water partition coefficient (Wildman–Crippen LogP) is 4.60. The van der Waals surface area contributed by atoms with Gasteiger partial charge in [0.25, 0.3) is 5.91 Å². The van der Waals surface area contributed by atoms with Crippen LogP contribution in [0.4, 0.5) is 5.82 Å². The molecule has 0 radical (unpaired) electrons. The number of hydrogen-bond donors (Lipinski definition) is 1. The van der Waals surface area contributed by atoms with Crippen molar-refractivity contribution in [1.29, 1.82) is 0 Å². The first-order chi connectivity index (χ1) is 15.3. The molecule has 0 spiro atoms. The number of nitrogens with zero attached hydrogens (tertiary/aromatic N) is 4. The van der Waals surface area contributed by atoms with Crippen molar-refractivity contribution in [3.63, 3.8) is 0 Å². The summed E-state index contributed by atoms with van der Waals surface area (Å²) in [6.45, 7) is 5.97. The third-order valence-electron chi connectivity index (χ3n) is 4.39. The Balaban J connectivity index is 2.46. The molecular formula is C20H28ClIN5O3PS. The predicted molar refractivity (Wildman–Crippen MR) is 141 cm³/mol. The molecule has 0 aliphatic heterocycles. The molecule has 0 bridgehead atoms. The van der Waals surface area contributed by atoms with Crippen LogP contribution in [0.5, 0.6) is 0 Å². The second kappa shape index (κ2) is 13.7. The summed E-state index contributed by atoms with van der Waals surface area (Å²) in [5.41, 5.74) is 1.33. The van der Waals surface area contributed by atoms with Gasteiger partial charge in [0.05, 0.1) is 19.6 Å². The zero-order chi connectivity index (χ0) is 23.7. The van der Waals surface area contributed by atoms with Gasteiger partial charge >= 0.3 is 0 Å². The standard InChI is InChI=1S/C20H28ClIN5O3PS/c1-14(2)24-32-20-23-18(26(4)13-28)17(19(29)25(3)10-5-11-30-31-22)27(20)12-15-6-8-16(21)9-7-15/h6-9,13-14,24,31H,5,10-12H2,1-4H3. The molecule has 1 heterocycles. The summed E-state index contributed by atoms with van der Waals surface area (Å²) in [7, 11) is 3.34. The van der Waals surface area contributed by atoms with Gasteiger partial charge in [-0.05, 0) is 72.0 Å². The molecule has 0 aliphatic carbocycles. The first-order valence-corrected chi connectivity index (χ1v) is 15.2. The number of carbonyl (C=O) groups excluding carboxylic acids is 2. The SMILES string of the molecule is CC(C)NSc1nc(N(C)C=O)c(C(=O)N(C)CCCOPI)n1Cc1ccc(Cl)cc1. The summed E-state index contributed by atoms with van der Waals surface area (Å²) in [5, 5.41) is 1.24. The van der Waals surface area contributed by atoms with Crippen molar-refractivity contribution < 1.29 is 14.1 Å². The van der Waals surface area contributed by atoms with Crippen LogP contribution in [0, 0.1) is 0 Å². The topological polar surface area (TPSA) is 79.7 Å². The monoisotopic (exact) mass is 611 g/mol. The Morgan fingerprint density at radius 2 is 2.06 bits per heavy atom. The van der Waals surface area contributed by atoms with E-state index in [0.717, 1.165) is 12.0 Å². The van der Waals surface area contributed by atoms with Gasteiger partial charge in [0.1, 0.15) is 0 Å². The Morgan fingerprint density at radius 3 is 2.66 bits per heavy atom. The first kappa shape index (κ1) is 27.3. The molecule has 0 saturated heterocycles. The van der Waals surface area contributed by atoms with Crippen molar-refractivity contribution in [3.05, 3.63) is 40.5 Å². The number of benzene rings is 1. The second-order valence-electron chi connectivity index (χ2n) is 7.38. The van der Waals surface area contributed by atoms with E-state index in [9.17, 15) is 9.59 Å². The van der Waals surface area contributed by atoms with Crippen molar-refractivity contribution in [2.75, 3.05) is 32.1 Å². The summed E-state index contributed by atoms with van der Waals surface area (Å²) >= 11 is 9.55. The van der Waals surface area contributed by atoms with Crippen molar-refractivity contribution >= 4 is 70.2 Å². The summed E-state index contributed by atoms with van der Waals surface area (Å²) in [5.74, 6) is 0.118. The number of rotatable bonds is 13. The molecule has 1 aromatic carbocycles. The third kappa shape index (κ3) is 7.85. The van der Waals surface area contributed by atoms with Crippen LogP contribution >= 0.6 is 52.0 Å². The van der Waals surface area contributed by atoms with E-state index >= 15 is 0 Å². The number of anilines is 1. The van der Waals surface area contributed by atoms with Crippen LogP contribution in [-0.4, -0.2) is 60.1 Å². The average molecular weight is 612 g/mol. The molecule has 2 rings (SSSR count). The van der Waals surface area contributed by atoms with Crippen LogP contribution < -0.4 is 9.62 Å². The van der Waals surface area contributed by atoms with Gasteiger partial charge in [-0.2, -0.15) is 0 Å². The van der Waals surface area contributed by atoms with Crippen molar-refractivity contribution in [3.8, 4) is 0 Å². The molecule has 1 unspecified atom stereocenters. The van der Waals surface area contributed by atoms with Crippen LogP contribution in [-0.2, 0) is 15.9 Å². The maximum absolute atomic E-state index is 13.5. The molecule has 2 amide bonds. The number of halogens is 2. The van der Waals surface area contributed by atoms with Crippen LogP contribution in [0.2, 0.25) is 5.02 Å². The summed E-state index contributed by atoms with van der Waals surface area (Å²) in [6, 6.07) is 7.65. The summed E-state index contributed by atoms with van der Waals surface area (Å²) < 4.78 is 10.5. The molecule has 0 fully saturated rings. The highest BCUT2D eigenvalue weighted by atomic mass is 127. The van der Waals surface area contributed by atoms with Gasteiger partial charge < -0.3 is 18.9 Å². The van der Waals surface area contributed by atoms with E-state index in [1.807, 2.05) is 42.7 Å². The van der Waals surface area contributed by atoms with Crippen LogP contribution in [0.1, 0.15) is 36.3 Å². The zero-order valence-corrected chi connectivity index (χ0v) is 23.2. The fourth-order valence-corrected chi connectivity index (χ4v) is 4.54. The number of carbonyl (C=O) groups is 2. The Kier molecular flexibility index (Phi) is 11.7. The molecule has 1 N–H and O–H groups in total. The highest BCUT2D eigenvalue weighted by Gasteiger charge is 2.28. The minimum Gasteiger partial charge on any atom is -0.352 e. The van der Waals surface area contributed by atoms with Gasteiger partial charge in [0, 0.05) is 31.7 Å². The fraction of sp³-hybridized carbons (Fsp3) is 0.450. The van der Waals surface area contributed by atoms with Gasteiger partial charge in [0.15, 0.2) is 16.7 Å². The van der Waals surface area contributed by atoms with E-state index < -0.39 is 0 Å². The number of nitrogens with one attached hydrogen (secondary N) is 1. The Bertz CT molecular complexity index is 900. The lowest BCUT2D eigenvalue weighted by Gasteiger charge is -2.20. The Morgan fingerprint density at radius 1 is 1.38 bits per heavy atom. The van der Waals surface area contributed by atoms with E-state index in [-0.39, 0.29) is 11.9 Å². The molecule has 1 aromatic heterocycles. The lowest BCUT2D eigenvalue weighted by molar-refractivity contribution is -0.107. The number of aromatic nitrogens is 2. The third-order valence-corrected chi connectivity index (χ3v) is 6.97. The molecular weight excluding hydrogens is 584 g/mol. The van der Waals surface area contributed by atoms with E-state index in [4.69, 9.17) is 16.1 Å². The Labute approximate surface area is 213 Å². The van der Waals surface area contributed by atoms with E-state index in [2.05, 4.69) is 31.7 Å². The average Bonchev–Trinajstić information content (AvgIpc) is 3.13. The van der Waals surface area contributed by atoms with E-state index in [1.54, 1.807) is 19.0 Å². The smallest absolute Gasteiger partial charge is 0.274 e. The first-order valence-electron chi connectivity index (χ1n) is 9.96. The molecule has 176 valence electrons. The minimum atomic E-state index is -0.205. The lowest BCUT2D eigenvalue weighted by Crippen LogP contribution is -2.32. The molecule has 0 aliphatic rings. The fourth-order valence-electron chi connectivity index (χ4n) is 2.79. The van der Waals surface area contributed by atoms with Crippen molar-refractivity contribution in [2.45, 2.75) is 38.0 Å². The number of amides is 2. The second-order valence-corrected chi connectivity index (χ2v) is 10.4. The molecule has 8 nitrogen and oxygen atoms in total. The van der Waals surface area contributed by atoms with Gasteiger partial charge in [-0.3, -0.25) is 14.3 Å². The maximum Gasteiger partial charge on any atom is 0.274 e.